The lowest BCUT2D eigenvalue weighted by Gasteiger charge is -2.37. The fourth-order valence-corrected chi connectivity index (χ4v) is 5.48. The van der Waals surface area contributed by atoms with E-state index in [9.17, 15) is 8.42 Å². The predicted molar refractivity (Wildman–Crippen MR) is 104 cm³/mol. The van der Waals surface area contributed by atoms with Crippen LogP contribution in [-0.4, -0.2) is 41.8 Å². The Hall–Kier alpha value is -0.950. The molecule has 1 aliphatic carbocycles. The van der Waals surface area contributed by atoms with Crippen molar-refractivity contribution in [2.45, 2.75) is 55.8 Å². The fourth-order valence-electron chi connectivity index (χ4n) is 4.32. The Bertz CT molecular complexity index is 655. The molecular weight excluding hydrogens is 348 g/mol. The predicted octanol–water partition coefficient (Wildman–Crippen LogP) is 3.03. The van der Waals surface area contributed by atoms with Gasteiger partial charge in [0.05, 0.1) is 11.5 Å². The Labute approximate surface area is 158 Å². The number of sulfonamides is 1. The largest absolute Gasteiger partial charge is 0.384 e. The van der Waals surface area contributed by atoms with Crippen LogP contribution in [0, 0.1) is 5.41 Å². The van der Waals surface area contributed by atoms with E-state index in [-0.39, 0.29) is 5.41 Å². The van der Waals surface area contributed by atoms with Gasteiger partial charge in [-0.1, -0.05) is 31.4 Å². The molecule has 0 aromatic heterocycles. The lowest BCUT2D eigenvalue weighted by atomic mass is 9.80. The van der Waals surface area contributed by atoms with Crippen molar-refractivity contribution in [1.82, 2.24) is 10.0 Å². The van der Waals surface area contributed by atoms with Crippen molar-refractivity contribution in [2.24, 2.45) is 5.41 Å². The van der Waals surface area contributed by atoms with Crippen LogP contribution in [0.25, 0.3) is 0 Å². The molecule has 1 aliphatic heterocycles. The van der Waals surface area contributed by atoms with Crippen molar-refractivity contribution < 1.29 is 13.2 Å². The monoisotopic (exact) mass is 380 g/mol. The molecule has 1 aromatic rings. The van der Waals surface area contributed by atoms with Crippen LogP contribution in [0.3, 0.4) is 0 Å². The first-order chi connectivity index (χ1) is 12.5. The summed E-state index contributed by atoms with van der Waals surface area (Å²) in [6.07, 6.45) is 8.17. The molecule has 3 rings (SSSR count). The van der Waals surface area contributed by atoms with Gasteiger partial charge in [0.1, 0.15) is 0 Å². The van der Waals surface area contributed by atoms with Crippen molar-refractivity contribution in [2.75, 3.05) is 33.4 Å². The minimum atomic E-state index is -3.49. The topological polar surface area (TPSA) is 67.4 Å². The molecule has 2 N–H and O–H groups in total. The average Bonchev–Trinajstić information content (AvgIpc) is 2.68. The molecule has 2 aliphatic rings. The van der Waals surface area contributed by atoms with Gasteiger partial charge in [-0.3, -0.25) is 0 Å². The third-order valence-electron chi connectivity index (χ3n) is 6.02. The Morgan fingerprint density at radius 3 is 2.38 bits per heavy atom. The van der Waals surface area contributed by atoms with Crippen LogP contribution < -0.4 is 10.0 Å². The smallest absolute Gasteiger partial charge is 0.240 e. The number of piperidine rings is 1. The average molecular weight is 381 g/mol. The van der Waals surface area contributed by atoms with E-state index in [0.29, 0.717) is 24.0 Å². The molecule has 146 valence electrons. The fraction of sp³-hybridized carbons (Fsp3) is 0.700. The van der Waals surface area contributed by atoms with E-state index in [1.165, 1.54) is 37.7 Å². The second-order valence-corrected chi connectivity index (χ2v) is 9.68. The van der Waals surface area contributed by atoms with E-state index >= 15 is 0 Å². The van der Waals surface area contributed by atoms with Gasteiger partial charge < -0.3 is 10.1 Å². The van der Waals surface area contributed by atoms with Gasteiger partial charge in [-0.2, -0.15) is 0 Å². The van der Waals surface area contributed by atoms with Gasteiger partial charge in [-0.05, 0) is 62.4 Å². The molecule has 0 bridgehead atoms. The molecule has 0 amide bonds. The third kappa shape index (κ3) is 4.85. The molecule has 0 radical (unpaired) electrons. The van der Waals surface area contributed by atoms with Crippen molar-refractivity contribution >= 4 is 10.0 Å². The summed E-state index contributed by atoms with van der Waals surface area (Å²) in [6, 6.07) is 7.52. The number of hydrogen-bond acceptors (Lipinski definition) is 4. The molecule has 0 atom stereocenters. The van der Waals surface area contributed by atoms with Gasteiger partial charge in [-0.25, -0.2) is 13.1 Å². The molecule has 26 heavy (non-hydrogen) atoms. The zero-order valence-corrected chi connectivity index (χ0v) is 16.6. The van der Waals surface area contributed by atoms with Gasteiger partial charge in [0, 0.05) is 19.1 Å². The van der Waals surface area contributed by atoms with Crippen LogP contribution in [0.2, 0.25) is 0 Å². The molecule has 0 spiro atoms. The van der Waals surface area contributed by atoms with Crippen molar-refractivity contribution in [3.05, 3.63) is 29.8 Å². The van der Waals surface area contributed by atoms with E-state index in [0.717, 1.165) is 25.9 Å². The first-order valence-corrected chi connectivity index (χ1v) is 11.3. The second-order valence-electron chi connectivity index (χ2n) is 7.91. The summed E-state index contributed by atoms with van der Waals surface area (Å²) in [6.45, 7) is 2.81. The van der Waals surface area contributed by atoms with E-state index < -0.39 is 10.0 Å². The third-order valence-corrected chi connectivity index (χ3v) is 7.44. The Morgan fingerprint density at radius 1 is 1.12 bits per heavy atom. The molecule has 6 heteroatoms. The molecule has 2 fully saturated rings. The standard InChI is InChI=1S/C20H32N2O3S/c1-25-16-20(11-13-21-14-12-20)15-22-26(23,24)19-9-7-18(8-10-19)17-5-3-2-4-6-17/h7-10,17,21-22H,2-6,11-16H2,1H3. The molecule has 5 nitrogen and oxygen atoms in total. The van der Waals surface area contributed by atoms with Gasteiger partial charge in [0.15, 0.2) is 0 Å². The highest BCUT2D eigenvalue weighted by molar-refractivity contribution is 7.89. The van der Waals surface area contributed by atoms with Crippen LogP contribution in [-0.2, 0) is 14.8 Å². The van der Waals surface area contributed by atoms with Crippen molar-refractivity contribution in [1.29, 1.82) is 0 Å². The number of benzene rings is 1. The minimum absolute atomic E-state index is 0.116. The number of rotatable bonds is 7. The zero-order chi connectivity index (χ0) is 18.5. The van der Waals surface area contributed by atoms with E-state index in [1.54, 1.807) is 19.2 Å². The van der Waals surface area contributed by atoms with Gasteiger partial charge in [-0.15, -0.1) is 0 Å². The summed E-state index contributed by atoms with van der Waals surface area (Å²) in [4.78, 5) is 0.360. The summed E-state index contributed by atoms with van der Waals surface area (Å²) < 4.78 is 33.7. The zero-order valence-electron chi connectivity index (χ0n) is 15.8. The minimum Gasteiger partial charge on any atom is -0.384 e. The van der Waals surface area contributed by atoms with Crippen LogP contribution in [0.15, 0.2) is 29.2 Å². The number of nitrogens with one attached hydrogen (secondary N) is 2. The Kier molecular flexibility index (Phi) is 6.72. The number of methoxy groups -OCH3 is 1. The van der Waals surface area contributed by atoms with Crippen LogP contribution in [0.5, 0.6) is 0 Å². The SMILES string of the molecule is COCC1(CNS(=O)(=O)c2ccc(C3CCCCC3)cc2)CCNCC1. The van der Waals surface area contributed by atoms with Crippen LogP contribution in [0.4, 0.5) is 0 Å². The second kappa shape index (κ2) is 8.83. The van der Waals surface area contributed by atoms with Crippen molar-refractivity contribution in [3.8, 4) is 0 Å². The molecule has 0 unspecified atom stereocenters. The molecule has 1 saturated heterocycles. The quantitative estimate of drug-likeness (QED) is 0.763. The summed E-state index contributed by atoms with van der Waals surface area (Å²) >= 11 is 0. The Morgan fingerprint density at radius 2 is 1.77 bits per heavy atom. The van der Waals surface area contributed by atoms with Gasteiger partial charge in [0.25, 0.3) is 0 Å². The summed E-state index contributed by atoms with van der Waals surface area (Å²) in [7, 11) is -1.81. The normalized spacial score (nSPS) is 21.6. The van der Waals surface area contributed by atoms with E-state index in [1.807, 2.05) is 12.1 Å². The first kappa shape index (κ1) is 19.8. The summed E-state index contributed by atoms with van der Waals surface area (Å²) in [5, 5.41) is 3.33. The van der Waals surface area contributed by atoms with Crippen LogP contribution in [0.1, 0.15) is 56.4 Å². The van der Waals surface area contributed by atoms with Crippen molar-refractivity contribution in [3.63, 3.8) is 0 Å². The molecule has 1 aromatic carbocycles. The number of ether oxygens (including phenoxy) is 1. The lowest BCUT2D eigenvalue weighted by Crippen LogP contribution is -2.47. The van der Waals surface area contributed by atoms with Crippen LogP contribution >= 0.6 is 0 Å². The summed E-state index contributed by atoms with van der Waals surface area (Å²) in [5.41, 5.74) is 1.16. The number of hydrogen-bond donors (Lipinski definition) is 2. The Balaban J connectivity index is 1.65. The van der Waals surface area contributed by atoms with E-state index in [2.05, 4.69) is 10.0 Å². The van der Waals surface area contributed by atoms with Gasteiger partial charge >= 0.3 is 0 Å². The highest BCUT2D eigenvalue weighted by Gasteiger charge is 2.33. The lowest BCUT2D eigenvalue weighted by molar-refractivity contribution is 0.0577. The first-order valence-electron chi connectivity index (χ1n) is 9.84. The van der Waals surface area contributed by atoms with E-state index in [4.69, 9.17) is 4.74 Å². The summed E-state index contributed by atoms with van der Waals surface area (Å²) in [5.74, 6) is 0.591. The van der Waals surface area contributed by atoms with Gasteiger partial charge in [0.2, 0.25) is 10.0 Å². The molecular formula is C20H32N2O3S. The highest BCUT2D eigenvalue weighted by Crippen LogP contribution is 2.33. The molecule has 1 heterocycles. The molecule has 1 saturated carbocycles. The maximum Gasteiger partial charge on any atom is 0.240 e. The maximum atomic E-state index is 12.7. The highest BCUT2D eigenvalue weighted by atomic mass is 32.2. The maximum absolute atomic E-state index is 12.7.